The Hall–Kier alpha value is -1.75. The van der Waals surface area contributed by atoms with Gasteiger partial charge in [0.05, 0.1) is 67.9 Å². The average Bonchev–Trinajstić information content (AvgIpc) is 3.29. The molecular weight excluding hydrogens is 667 g/mol. The molecule has 39 heavy (non-hydrogen) atoms. The molecule has 4 radical (unpaired) electrons. The van der Waals surface area contributed by atoms with E-state index in [1.165, 1.54) is 0 Å². The molecule has 0 N–H and O–H groups in total. The second-order valence-corrected chi connectivity index (χ2v) is 11.8. The monoisotopic (exact) mass is 688 g/mol. The molecule has 1 aromatic carbocycles. The number of benzene rings is 1. The number of aromatic nitrogens is 5. The summed E-state index contributed by atoms with van der Waals surface area (Å²) in [5.74, 6) is 0.666. The number of fused-ring (bicyclic) bond motifs is 1. The first-order valence-corrected chi connectivity index (χ1v) is 16.9. The predicted molar refractivity (Wildman–Crippen MR) is 167 cm³/mol. The lowest BCUT2D eigenvalue weighted by Crippen LogP contribution is -2.52. The summed E-state index contributed by atoms with van der Waals surface area (Å²) >= 11 is 15.0. The van der Waals surface area contributed by atoms with Crippen molar-refractivity contribution in [2.24, 2.45) is 0 Å². The van der Waals surface area contributed by atoms with Crippen molar-refractivity contribution in [1.82, 2.24) is 29.6 Å². The van der Waals surface area contributed by atoms with Crippen molar-refractivity contribution in [2.75, 3.05) is 26.3 Å². The number of nitrogens with zero attached hydrogens (tertiary/aromatic N) is 6. The van der Waals surface area contributed by atoms with Gasteiger partial charge in [0.25, 0.3) is 0 Å². The van der Waals surface area contributed by atoms with Gasteiger partial charge in [0.1, 0.15) is 11.9 Å². The molecule has 1 fully saturated rings. The van der Waals surface area contributed by atoms with Gasteiger partial charge in [-0.3, -0.25) is 4.98 Å². The minimum absolute atomic E-state index is 0.380. The third-order valence-corrected chi connectivity index (χ3v) is 8.89. The van der Waals surface area contributed by atoms with Crippen LogP contribution < -0.4 is 4.74 Å². The first-order chi connectivity index (χ1) is 18.8. The highest BCUT2D eigenvalue weighted by Crippen LogP contribution is 2.36. The normalized spacial score (nSPS) is 16.0. The third-order valence-electron chi connectivity index (χ3n) is 6.41. The molecule has 14 heteroatoms. The standard InChI is InChI=1S/C25H22B2Cl2IN6O2P/c1-15(24-19(28)13-31-14-20(24)29)38-17-4-6-22-18(12-17)21(34-36(22)39-30)5-2-16-3-7-23(33-32-16)25(26,27)35-8-10-37-11-9-35/h2-7,12-15,39H,8-11H2,1H3/b5-2+. The van der Waals surface area contributed by atoms with Gasteiger partial charge in [-0.25, -0.2) is 4.45 Å². The molecule has 0 saturated carbocycles. The largest absolute Gasteiger partial charge is 0.486 e. The predicted octanol–water partition coefficient (Wildman–Crippen LogP) is 5.41. The van der Waals surface area contributed by atoms with Gasteiger partial charge in [-0.2, -0.15) is 15.3 Å². The van der Waals surface area contributed by atoms with Crippen molar-refractivity contribution in [2.45, 2.75) is 18.4 Å². The van der Waals surface area contributed by atoms with Crippen molar-refractivity contribution in [3.63, 3.8) is 0 Å². The van der Waals surface area contributed by atoms with Gasteiger partial charge >= 0.3 is 0 Å². The Kier molecular flexibility index (Phi) is 9.15. The highest BCUT2D eigenvalue weighted by molar-refractivity contribution is 14.2. The average molecular weight is 689 g/mol. The molecule has 1 aliphatic rings. The van der Waals surface area contributed by atoms with E-state index >= 15 is 0 Å². The SMILES string of the molecule is [B]C([B])(c1ccc(/C=C/c2nn(PI)c3ccc(OC(C)c4c(Cl)cncc4Cl)cc23)nn1)N1CCOCC1. The number of ether oxygens (including phenoxy) is 2. The summed E-state index contributed by atoms with van der Waals surface area (Å²) in [6, 6.07) is 9.50. The maximum atomic E-state index is 6.40. The molecule has 0 spiro atoms. The summed E-state index contributed by atoms with van der Waals surface area (Å²) < 4.78 is 13.6. The Bertz CT molecular complexity index is 1480. The summed E-state index contributed by atoms with van der Waals surface area (Å²) in [5, 5.41) is 14.0. The van der Waals surface area contributed by atoms with E-state index in [1.54, 1.807) is 18.5 Å². The van der Waals surface area contributed by atoms with E-state index in [0.717, 1.165) is 16.6 Å². The topological polar surface area (TPSA) is 78.2 Å². The lowest BCUT2D eigenvalue weighted by molar-refractivity contribution is 0.0216. The molecule has 0 amide bonds. The van der Waals surface area contributed by atoms with Crippen LogP contribution in [-0.4, -0.2) is 71.6 Å². The quantitative estimate of drug-likeness (QED) is 0.139. The lowest BCUT2D eigenvalue weighted by atomic mass is 9.58. The molecule has 8 nitrogen and oxygen atoms in total. The smallest absolute Gasteiger partial charge is 0.124 e. The Morgan fingerprint density at radius 3 is 2.51 bits per heavy atom. The van der Waals surface area contributed by atoms with Crippen molar-refractivity contribution in [1.29, 1.82) is 0 Å². The van der Waals surface area contributed by atoms with Crippen molar-refractivity contribution >= 4 is 90.4 Å². The van der Waals surface area contributed by atoms with Crippen LogP contribution in [0.2, 0.25) is 10.0 Å². The van der Waals surface area contributed by atoms with Crippen LogP contribution in [0, 0.1) is 0 Å². The van der Waals surface area contributed by atoms with Gasteiger partial charge in [0.2, 0.25) is 0 Å². The summed E-state index contributed by atoms with van der Waals surface area (Å²) in [7, 11) is 12.8. The van der Waals surface area contributed by atoms with E-state index in [0.29, 0.717) is 65.4 Å². The molecule has 3 aromatic heterocycles. The van der Waals surface area contributed by atoms with Gasteiger partial charge in [0, 0.05) is 36.4 Å². The van der Waals surface area contributed by atoms with Crippen LogP contribution in [0.4, 0.5) is 0 Å². The number of morpholine rings is 1. The zero-order valence-electron chi connectivity index (χ0n) is 20.9. The number of pyridine rings is 1. The Morgan fingerprint density at radius 2 is 1.85 bits per heavy atom. The first kappa shape index (κ1) is 28.8. The van der Waals surface area contributed by atoms with E-state index in [-0.39, 0.29) is 6.10 Å². The van der Waals surface area contributed by atoms with Gasteiger partial charge < -0.3 is 14.4 Å². The highest BCUT2D eigenvalue weighted by atomic mass is 127. The number of rotatable bonds is 8. The molecule has 2 unspecified atom stereocenters. The Balaban J connectivity index is 1.38. The van der Waals surface area contributed by atoms with Crippen molar-refractivity contribution in [3.8, 4) is 5.75 Å². The number of hydrogen-bond donors (Lipinski definition) is 0. The van der Waals surface area contributed by atoms with Gasteiger partial charge in [-0.05, 0) is 76.8 Å². The Labute approximate surface area is 254 Å². The molecule has 5 rings (SSSR count). The fourth-order valence-electron chi connectivity index (χ4n) is 4.36. The minimum atomic E-state index is -1.21. The van der Waals surface area contributed by atoms with Crippen molar-refractivity contribution in [3.05, 3.63) is 75.4 Å². The number of hydrogen-bond acceptors (Lipinski definition) is 7. The molecule has 0 bridgehead atoms. The zero-order valence-corrected chi connectivity index (χ0v) is 25.6. The molecule has 4 aromatic rings. The van der Waals surface area contributed by atoms with Crippen LogP contribution >= 0.6 is 51.6 Å². The summed E-state index contributed by atoms with van der Waals surface area (Å²) in [4.78, 5) is 5.96. The molecule has 2 atom stereocenters. The van der Waals surface area contributed by atoms with E-state index in [2.05, 4.69) is 37.2 Å². The van der Waals surface area contributed by atoms with Crippen LogP contribution in [-0.2, 0) is 10.1 Å². The second kappa shape index (κ2) is 12.4. The maximum Gasteiger partial charge on any atom is 0.124 e. The summed E-state index contributed by atoms with van der Waals surface area (Å²) in [6.07, 6.45) is 6.92. The fourth-order valence-corrected chi connectivity index (χ4v) is 6.57. The summed E-state index contributed by atoms with van der Waals surface area (Å²) in [6.45, 7) is 4.33. The Morgan fingerprint density at radius 1 is 1.10 bits per heavy atom. The molecule has 196 valence electrons. The van der Waals surface area contributed by atoms with Crippen LogP contribution in [0.15, 0.2) is 42.7 Å². The molecule has 1 aliphatic heterocycles. The maximum absolute atomic E-state index is 6.40. The van der Waals surface area contributed by atoms with Crippen LogP contribution in [0.1, 0.15) is 35.7 Å². The van der Waals surface area contributed by atoms with Crippen LogP contribution in [0.25, 0.3) is 23.1 Å². The van der Waals surface area contributed by atoms with Gasteiger partial charge in [-0.1, -0.05) is 23.2 Å². The lowest BCUT2D eigenvalue weighted by Gasteiger charge is -2.41. The minimum Gasteiger partial charge on any atom is -0.486 e. The molecular formula is C25H22B2Cl2IN6O2P. The third kappa shape index (κ3) is 6.29. The highest BCUT2D eigenvalue weighted by Gasteiger charge is 2.30. The van der Waals surface area contributed by atoms with E-state index in [1.807, 2.05) is 52.7 Å². The van der Waals surface area contributed by atoms with Crippen molar-refractivity contribution < 1.29 is 9.47 Å². The van der Waals surface area contributed by atoms with E-state index < -0.39 is 5.34 Å². The number of halogens is 3. The van der Waals surface area contributed by atoms with Crippen LogP contribution in [0.5, 0.6) is 5.75 Å². The molecule has 4 heterocycles. The molecule has 0 aliphatic carbocycles. The summed E-state index contributed by atoms with van der Waals surface area (Å²) in [5.41, 5.74) is 3.60. The van der Waals surface area contributed by atoms with E-state index in [9.17, 15) is 0 Å². The van der Waals surface area contributed by atoms with Gasteiger partial charge in [0.15, 0.2) is 0 Å². The molecule has 1 saturated heterocycles. The van der Waals surface area contributed by atoms with E-state index in [4.69, 9.17) is 53.5 Å². The van der Waals surface area contributed by atoms with Crippen LogP contribution in [0.3, 0.4) is 0 Å². The zero-order chi connectivity index (χ0) is 27.6. The first-order valence-electron chi connectivity index (χ1n) is 12.1. The second-order valence-electron chi connectivity index (χ2n) is 8.94. The fraction of sp³-hybridized carbons (Fsp3) is 0.280. The van der Waals surface area contributed by atoms with Gasteiger partial charge in [-0.15, -0.1) is 0 Å².